The van der Waals surface area contributed by atoms with Crippen molar-refractivity contribution in [3.05, 3.63) is 53.1 Å². The van der Waals surface area contributed by atoms with Crippen molar-refractivity contribution in [2.75, 3.05) is 6.61 Å². The van der Waals surface area contributed by atoms with Crippen LogP contribution in [0.25, 0.3) is 11.1 Å². The molecule has 0 aliphatic heterocycles. The molecule has 0 radical (unpaired) electrons. The summed E-state index contributed by atoms with van der Waals surface area (Å²) in [6.45, 7) is -2.08. The van der Waals surface area contributed by atoms with Gasteiger partial charge in [0.1, 0.15) is 11.3 Å². The molecule has 35 heavy (non-hydrogen) atoms. The van der Waals surface area contributed by atoms with Crippen LogP contribution in [0.2, 0.25) is 0 Å². The number of ether oxygens (including phenoxy) is 1. The average molecular weight is 514 g/mol. The lowest BCUT2D eigenvalue weighted by Gasteiger charge is -2.29. The van der Waals surface area contributed by atoms with Crippen LogP contribution in [0.4, 0.5) is 39.5 Å². The van der Waals surface area contributed by atoms with Crippen molar-refractivity contribution >= 4 is 5.97 Å². The van der Waals surface area contributed by atoms with Crippen LogP contribution in [-0.4, -0.2) is 23.9 Å². The molecule has 0 saturated heterocycles. The van der Waals surface area contributed by atoms with E-state index in [0.29, 0.717) is 31.0 Å². The monoisotopic (exact) mass is 514 g/mol. The predicted molar refractivity (Wildman–Crippen MR) is 106 cm³/mol. The van der Waals surface area contributed by atoms with Crippen LogP contribution < -0.4 is 4.74 Å². The summed E-state index contributed by atoms with van der Waals surface area (Å²) in [6, 6.07) is 4.02. The maximum Gasteiger partial charge on any atom is 0.422 e. The number of carboxylic acids is 1. The van der Waals surface area contributed by atoms with Gasteiger partial charge < -0.3 is 9.84 Å². The van der Waals surface area contributed by atoms with Crippen LogP contribution in [-0.2, 0) is 17.1 Å². The lowest BCUT2D eigenvalue weighted by Crippen LogP contribution is -2.23. The fourth-order valence-corrected chi connectivity index (χ4v) is 3.91. The quantitative estimate of drug-likeness (QED) is 0.386. The van der Waals surface area contributed by atoms with E-state index in [2.05, 4.69) is 4.74 Å². The molecular weight excluding hydrogens is 495 g/mol. The molecule has 0 aromatic heterocycles. The highest BCUT2D eigenvalue weighted by Crippen LogP contribution is 2.47. The van der Waals surface area contributed by atoms with Gasteiger partial charge in [-0.2, -0.15) is 39.5 Å². The average Bonchev–Trinajstić information content (AvgIpc) is 2.68. The van der Waals surface area contributed by atoms with E-state index in [9.17, 15) is 49.4 Å². The molecule has 2 aromatic carbocycles. The first-order chi connectivity index (χ1) is 16.1. The van der Waals surface area contributed by atoms with Gasteiger partial charge in [0, 0.05) is 0 Å². The SMILES string of the molecule is O=C(O)C(CC1CCC1)c1cc(OCC(F)(F)F)c(C(F)(F)F)c(-c2ccc(C(F)(F)F)cc2)c1. The Kier molecular flexibility index (Phi) is 7.33. The van der Waals surface area contributed by atoms with Crippen molar-refractivity contribution in [1.82, 2.24) is 0 Å². The zero-order chi connectivity index (χ0) is 26.2. The Hall–Kier alpha value is -2.92. The maximum absolute atomic E-state index is 14.0. The molecule has 12 heteroatoms. The molecule has 0 amide bonds. The number of rotatable bonds is 7. The molecule has 1 fully saturated rings. The molecular formula is C23H19F9O3. The first kappa shape index (κ1) is 26.7. The van der Waals surface area contributed by atoms with Gasteiger partial charge in [-0.1, -0.05) is 31.4 Å². The van der Waals surface area contributed by atoms with Crippen molar-refractivity contribution in [3.63, 3.8) is 0 Å². The zero-order valence-electron chi connectivity index (χ0n) is 17.8. The van der Waals surface area contributed by atoms with Crippen LogP contribution in [0.5, 0.6) is 5.75 Å². The molecule has 3 rings (SSSR count). The highest BCUT2D eigenvalue weighted by Gasteiger charge is 2.41. The van der Waals surface area contributed by atoms with Gasteiger partial charge in [-0.25, -0.2) is 0 Å². The Labute approximate surface area is 193 Å². The minimum atomic E-state index is -5.26. The summed E-state index contributed by atoms with van der Waals surface area (Å²) < 4.78 is 123. The highest BCUT2D eigenvalue weighted by atomic mass is 19.4. The number of alkyl halides is 9. The molecule has 1 N–H and O–H groups in total. The molecule has 192 valence electrons. The summed E-state index contributed by atoms with van der Waals surface area (Å²) >= 11 is 0. The standard InChI is InChI=1S/C23H19F9O3/c24-21(25,26)11-35-18-10-14(17(20(33)34)8-12-2-1-3-12)9-16(19(18)23(30,31)32)13-4-6-15(7-5-13)22(27,28)29/h4-7,9-10,12,17H,1-3,8,11H2,(H,33,34). The van der Waals surface area contributed by atoms with Crippen LogP contribution in [0.3, 0.4) is 0 Å². The first-order valence-electron chi connectivity index (χ1n) is 10.4. The van der Waals surface area contributed by atoms with Gasteiger partial charge in [-0.3, -0.25) is 4.79 Å². The molecule has 0 spiro atoms. The molecule has 1 atom stereocenters. The highest BCUT2D eigenvalue weighted by molar-refractivity contribution is 5.79. The Morgan fingerprint density at radius 3 is 1.97 bits per heavy atom. The van der Waals surface area contributed by atoms with Crippen molar-refractivity contribution in [1.29, 1.82) is 0 Å². The van der Waals surface area contributed by atoms with E-state index in [-0.39, 0.29) is 17.9 Å². The van der Waals surface area contributed by atoms with Crippen molar-refractivity contribution < 1.29 is 54.2 Å². The first-order valence-corrected chi connectivity index (χ1v) is 10.4. The third-order valence-corrected chi connectivity index (χ3v) is 5.82. The summed E-state index contributed by atoms with van der Waals surface area (Å²) in [4.78, 5) is 11.9. The second-order valence-corrected chi connectivity index (χ2v) is 8.34. The number of hydrogen-bond acceptors (Lipinski definition) is 2. The Morgan fingerprint density at radius 2 is 1.54 bits per heavy atom. The lowest BCUT2D eigenvalue weighted by molar-refractivity contribution is -0.158. The van der Waals surface area contributed by atoms with E-state index in [4.69, 9.17) is 0 Å². The van der Waals surface area contributed by atoms with E-state index in [1.54, 1.807) is 0 Å². The lowest BCUT2D eigenvalue weighted by atomic mass is 9.76. The Bertz CT molecular complexity index is 1050. The third kappa shape index (κ3) is 6.61. The van der Waals surface area contributed by atoms with E-state index in [1.165, 1.54) is 0 Å². The van der Waals surface area contributed by atoms with Gasteiger partial charge in [0.25, 0.3) is 0 Å². The van der Waals surface area contributed by atoms with Crippen molar-refractivity contribution in [2.24, 2.45) is 5.92 Å². The zero-order valence-corrected chi connectivity index (χ0v) is 17.8. The van der Waals surface area contributed by atoms with Crippen LogP contribution >= 0.6 is 0 Å². The fraction of sp³-hybridized carbons (Fsp3) is 0.435. The number of hydrogen-bond donors (Lipinski definition) is 1. The number of benzene rings is 2. The van der Waals surface area contributed by atoms with Crippen molar-refractivity contribution in [2.45, 2.75) is 50.1 Å². The number of halogens is 9. The Balaban J connectivity index is 2.21. The van der Waals surface area contributed by atoms with Gasteiger partial charge in [-0.05, 0) is 53.3 Å². The third-order valence-electron chi connectivity index (χ3n) is 5.82. The topological polar surface area (TPSA) is 46.5 Å². The molecule has 0 bridgehead atoms. The molecule has 0 heterocycles. The molecule has 2 aromatic rings. The van der Waals surface area contributed by atoms with Crippen LogP contribution in [0.1, 0.15) is 48.3 Å². The number of carboxylic acid groups (broad SMARTS) is 1. The van der Waals surface area contributed by atoms with Crippen LogP contribution in [0.15, 0.2) is 36.4 Å². The van der Waals surface area contributed by atoms with Gasteiger partial charge in [0.05, 0.1) is 11.5 Å². The Morgan fingerprint density at radius 1 is 0.943 bits per heavy atom. The van der Waals surface area contributed by atoms with Gasteiger partial charge in [0.15, 0.2) is 6.61 Å². The van der Waals surface area contributed by atoms with Gasteiger partial charge in [-0.15, -0.1) is 0 Å². The number of carbonyl (C=O) groups is 1. The minimum absolute atomic E-state index is 0.0209. The van der Waals surface area contributed by atoms with E-state index < -0.39 is 65.0 Å². The molecule has 3 nitrogen and oxygen atoms in total. The molecule has 1 saturated carbocycles. The second-order valence-electron chi connectivity index (χ2n) is 8.34. The smallest absolute Gasteiger partial charge is 0.422 e. The largest absolute Gasteiger partial charge is 0.483 e. The van der Waals surface area contributed by atoms with Gasteiger partial charge >= 0.3 is 24.5 Å². The summed E-state index contributed by atoms with van der Waals surface area (Å²) in [5.41, 5.74) is -4.19. The predicted octanol–water partition coefficient (Wildman–Crippen LogP) is 7.69. The number of aliphatic carboxylic acids is 1. The maximum atomic E-state index is 14.0. The van der Waals surface area contributed by atoms with E-state index in [1.807, 2.05) is 0 Å². The summed E-state index contributed by atoms with van der Waals surface area (Å²) in [5.74, 6) is -4.00. The molecule has 1 aliphatic rings. The summed E-state index contributed by atoms with van der Waals surface area (Å²) in [6.07, 6.45) is -12.7. The van der Waals surface area contributed by atoms with E-state index in [0.717, 1.165) is 24.6 Å². The van der Waals surface area contributed by atoms with Crippen molar-refractivity contribution in [3.8, 4) is 16.9 Å². The summed E-state index contributed by atoms with van der Waals surface area (Å²) in [5, 5.41) is 9.69. The fourth-order valence-electron chi connectivity index (χ4n) is 3.91. The molecule has 1 unspecified atom stereocenters. The van der Waals surface area contributed by atoms with Gasteiger partial charge in [0.2, 0.25) is 0 Å². The molecule has 1 aliphatic carbocycles. The second kappa shape index (κ2) is 9.62. The van der Waals surface area contributed by atoms with E-state index >= 15 is 0 Å². The summed E-state index contributed by atoms with van der Waals surface area (Å²) in [7, 11) is 0. The van der Waals surface area contributed by atoms with Crippen LogP contribution in [0, 0.1) is 5.92 Å². The normalized spacial score (nSPS) is 16.0. The minimum Gasteiger partial charge on any atom is -0.483 e.